The number of carbonyl (C=O) groups is 2. The third kappa shape index (κ3) is 2.62. The first-order chi connectivity index (χ1) is 9.13. The number of aromatic nitrogens is 2. The molecule has 0 unspecified atom stereocenters. The summed E-state index contributed by atoms with van der Waals surface area (Å²) in [6.45, 7) is 1.97. The minimum absolute atomic E-state index is 0.126. The van der Waals surface area contributed by atoms with E-state index in [1.54, 1.807) is 12.1 Å². The molecule has 0 aliphatic heterocycles. The maximum absolute atomic E-state index is 12.0. The van der Waals surface area contributed by atoms with E-state index in [1.807, 2.05) is 19.1 Å². The molecule has 2 aromatic rings. The number of hydrogen-bond acceptors (Lipinski definition) is 3. The number of benzene rings is 1. The van der Waals surface area contributed by atoms with E-state index in [4.69, 9.17) is 5.11 Å². The monoisotopic (exact) mass is 259 g/mol. The molecule has 6 nitrogen and oxygen atoms in total. The molecule has 1 amide bonds. The lowest BCUT2D eigenvalue weighted by atomic mass is 10.1. The van der Waals surface area contributed by atoms with Crippen LogP contribution in [0.4, 0.5) is 5.69 Å². The Hall–Kier alpha value is -2.63. The molecule has 98 valence electrons. The molecule has 0 spiro atoms. The fourth-order valence-electron chi connectivity index (χ4n) is 1.76. The van der Waals surface area contributed by atoms with Crippen LogP contribution in [0.1, 0.15) is 33.5 Å². The van der Waals surface area contributed by atoms with E-state index >= 15 is 0 Å². The summed E-state index contributed by atoms with van der Waals surface area (Å²) in [6, 6.07) is 7.35. The molecule has 19 heavy (non-hydrogen) atoms. The van der Waals surface area contributed by atoms with E-state index < -0.39 is 11.9 Å². The summed E-state index contributed by atoms with van der Waals surface area (Å²) in [6.07, 6.45) is 1.95. The molecule has 1 aromatic heterocycles. The van der Waals surface area contributed by atoms with Crippen LogP contribution >= 0.6 is 0 Å². The van der Waals surface area contributed by atoms with Crippen molar-refractivity contribution in [2.24, 2.45) is 0 Å². The lowest BCUT2D eigenvalue weighted by molar-refractivity contribution is 0.0686. The van der Waals surface area contributed by atoms with Crippen molar-refractivity contribution < 1.29 is 14.7 Å². The van der Waals surface area contributed by atoms with Gasteiger partial charge in [-0.1, -0.05) is 25.1 Å². The van der Waals surface area contributed by atoms with E-state index in [2.05, 4.69) is 15.3 Å². The first-order valence-corrected chi connectivity index (χ1v) is 5.79. The number of H-pyrrole nitrogens is 1. The lowest BCUT2D eigenvalue weighted by Gasteiger charge is -2.08. The van der Waals surface area contributed by atoms with Gasteiger partial charge in [0.25, 0.3) is 5.91 Å². The van der Waals surface area contributed by atoms with Crippen molar-refractivity contribution in [2.75, 3.05) is 5.32 Å². The first kappa shape index (κ1) is 12.8. The smallest absolute Gasteiger partial charge is 0.354 e. The van der Waals surface area contributed by atoms with E-state index in [0.717, 1.165) is 12.0 Å². The zero-order valence-corrected chi connectivity index (χ0v) is 10.3. The number of aryl methyl sites for hydroxylation is 1. The predicted octanol–water partition coefficient (Wildman–Crippen LogP) is 1.92. The summed E-state index contributed by atoms with van der Waals surface area (Å²) in [5.74, 6) is -1.76. The standard InChI is InChI=1S/C13H13N3O3/c1-2-8-5-3-4-6-9(8)16-12(17)10-11(13(18)19)15-7-14-10/h3-7H,2H2,1H3,(H,14,15)(H,16,17)(H,18,19). The van der Waals surface area contributed by atoms with Crippen molar-refractivity contribution in [1.29, 1.82) is 0 Å². The zero-order chi connectivity index (χ0) is 13.8. The molecule has 6 heteroatoms. The van der Waals surface area contributed by atoms with E-state index in [-0.39, 0.29) is 11.4 Å². The van der Waals surface area contributed by atoms with Crippen molar-refractivity contribution in [3.63, 3.8) is 0 Å². The highest BCUT2D eigenvalue weighted by Crippen LogP contribution is 2.16. The maximum atomic E-state index is 12.0. The molecule has 0 aliphatic rings. The van der Waals surface area contributed by atoms with E-state index in [1.165, 1.54) is 6.33 Å². The van der Waals surface area contributed by atoms with Gasteiger partial charge in [-0.15, -0.1) is 0 Å². The number of carbonyl (C=O) groups excluding carboxylic acids is 1. The molecule has 0 aliphatic carbocycles. The van der Waals surface area contributed by atoms with Gasteiger partial charge in [0.05, 0.1) is 6.33 Å². The maximum Gasteiger partial charge on any atom is 0.354 e. The molecule has 0 atom stereocenters. The van der Waals surface area contributed by atoms with Gasteiger partial charge >= 0.3 is 5.97 Å². The summed E-state index contributed by atoms with van der Waals surface area (Å²) in [5, 5.41) is 11.6. The lowest BCUT2D eigenvalue weighted by Crippen LogP contribution is -2.17. The number of imidazole rings is 1. The predicted molar refractivity (Wildman–Crippen MR) is 69.3 cm³/mol. The third-order valence-electron chi connectivity index (χ3n) is 2.71. The summed E-state index contributed by atoms with van der Waals surface area (Å²) in [7, 11) is 0. The number of nitrogens with one attached hydrogen (secondary N) is 2. The van der Waals surface area contributed by atoms with Crippen molar-refractivity contribution >= 4 is 17.6 Å². The highest BCUT2D eigenvalue weighted by molar-refractivity contribution is 6.08. The number of carboxylic acids is 1. The van der Waals surface area contributed by atoms with Gasteiger partial charge in [0.2, 0.25) is 0 Å². The summed E-state index contributed by atoms with van der Waals surface area (Å²) < 4.78 is 0. The number of carboxylic acid groups (broad SMARTS) is 1. The fourth-order valence-corrected chi connectivity index (χ4v) is 1.76. The summed E-state index contributed by atoms with van der Waals surface area (Å²) in [5.41, 5.74) is 1.29. The highest BCUT2D eigenvalue weighted by Gasteiger charge is 2.20. The Bertz CT molecular complexity index is 619. The Balaban J connectivity index is 2.26. The van der Waals surface area contributed by atoms with Gasteiger partial charge in [0, 0.05) is 5.69 Å². The topological polar surface area (TPSA) is 95.1 Å². The highest BCUT2D eigenvalue weighted by atomic mass is 16.4. The fraction of sp³-hybridized carbons (Fsp3) is 0.154. The Kier molecular flexibility index (Phi) is 3.61. The second-order valence-electron chi connectivity index (χ2n) is 3.90. The van der Waals surface area contributed by atoms with Crippen LogP contribution in [0.5, 0.6) is 0 Å². The second-order valence-corrected chi connectivity index (χ2v) is 3.90. The number of nitrogens with zero attached hydrogens (tertiary/aromatic N) is 1. The number of anilines is 1. The zero-order valence-electron chi connectivity index (χ0n) is 10.3. The first-order valence-electron chi connectivity index (χ1n) is 5.79. The molecule has 3 N–H and O–H groups in total. The van der Waals surface area contributed by atoms with Gasteiger partial charge in [-0.25, -0.2) is 9.78 Å². The van der Waals surface area contributed by atoms with Crippen molar-refractivity contribution in [1.82, 2.24) is 9.97 Å². The number of amides is 1. The van der Waals surface area contributed by atoms with Crippen molar-refractivity contribution in [3.8, 4) is 0 Å². The van der Waals surface area contributed by atoms with Gasteiger partial charge in [-0.2, -0.15) is 0 Å². The summed E-state index contributed by atoms with van der Waals surface area (Å²) in [4.78, 5) is 29.1. The van der Waals surface area contributed by atoms with Crippen LogP contribution in [-0.4, -0.2) is 27.0 Å². The van der Waals surface area contributed by atoms with Gasteiger partial charge in [0.1, 0.15) is 0 Å². The molecule has 0 bridgehead atoms. The SMILES string of the molecule is CCc1ccccc1NC(=O)c1nc[nH]c1C(=O)O. The van der Waals surface area contributed by atoms with Crippen molar-refractivity contribution in [3.05, 3.63) is 47.5 Å². The minimum atomic E-state index is -1.22. The largest absolute Gasteiger partial charge is 0.477 e. The molecule has 0 fully saturated rings. The summed E-state index contributed by atoms with van der Waals surface area (Å²) >= 11 is 0. The molecular formula is C13H13N3O3. The van der Waals surface area contributed by atoms with Crippen LogP contribution in [0, 0.1) is 0 Å². The second kappa shape index (κ2) is 5.34. The molecule has 1 heterocycles. The van der Waals surface area contributed by atoms with E-state index in [9.17, 15) is 9.59 Å². The Morgan fingerprint density at radius 2 is 2.11 bits per heavy atom. The van der Waals surface area contributed by atoms with Crippen LogP contribution in [-0.2, 0) is 6.42 Å². The molecular weight excluding hydrogens is 246 g/mol. The van der Waals surface area contributed by atoms with Crippen molar-refractivity contribution in [2.45, 2.75) is 13.3 Å². The number of hydrogen-bond donors (Lipinski definition) is 3. The molecule has 0 saturated carbocycles. The number of aromatic carboxylic acids is 1. The Morgan fingerprint density at radius 1 is 1.37 bits per heavy atom. The van der Waals surface area contributed by atoms with Gasteiger partial charge < -0.3 is 15.4 Å². The Labute approximate surface area is 109 Å². The average Bonchev–Trinajstić information content (AvgIpc) is 2.88. The van der Waals surface area contributed by atoms with Gasteiger partial charge in [0.15, 0.2) is 11.4 Å². The van der Waals surface area contributed by atoms with Crippen LogP contribution in [0.15, 0.2) is 30.6 Å². The number of rotatable bonds is 4. The van der Waals surface area contributed by atoms with Gasteiger partial charge in [-0.3, -0.25) is 4.79 Å². The number of aromatic amines is 1. The minimum Gasteiger partial charge on any atom is -0.477 e. The average molecular weight is 259 g/mol. The molecule has 2 rings (SSSR count). The van der Waals surface area contributed by atoms with Crippen LogP contribution < -0.4 is 5.32 Å². The molecule has 0 radical (unpaired) electrons. The van der Waals surface area contributed by atoms with Crippen LogP contribution in [0.3, 0.4) is 0 Å². The quantitative estimate of drug-likeness (QED) is 0.781. The van der Waals surface area contributed by atoms with Gasteiger partial charge in [-0.05, 0) is 18.1 Å². The van der Waals surface area contributed by atoms with E-state index in [0.29, 0.717) is 5.69 Å². The van der Waals surface area contributed by atoms with Crippen LogP contribution in [0.2, 0.25) is 0 Å². The third-order valence-corrected chi connectivity index (χ3v) is 2.71. The normalized spacial score (nSPS) is 10.2. The van der Waals surface area contributed by atoms with Crippen LogP contribution in [0.25, 0.3) is 0 Å². The Morgan fingerprint density at radius 3 is 2.79 bits per heavy atom. The number of para-hydroxylation sites is 1. The molecule has 0 saturated heterocycles. The molecule has 1 aromatic carbocycles.